The van der Waals surface area contributed by atoms with E-state index in [1.54, 1.807) is 0 Å². The summed E-state index contributed by atoms with van der Waals surface area (Å²) in [7, 11) is 0. The van der Waals surface area contributed by atoms with Gasteiger partial charge in [0.1, 0.15) is 11.5 Å². The largest absolute Gasteiger partial charge is 0.493 e. The van der Waals surface area contributed by atoms with Crippen LogP contribution in [0.15, 0.2) is 24.3 Å². The first-order chi connectivity index (χ1) is 9.21. The molecule has 0 saturated heterocycles. The van der Waals surface area contributed by atoms with Crippen LogP contribution in [0, 0.1) is 5.41 Å². The van der Waals surface area contributed by atoms with Gasteiger partial charge in [-0.2, -0.15) is 0 Å². The van der Waals surface area contributed by atoms with Crippen molar-refractivity contribution in [1.82, 2.24) is 0 Å². The molecule has 1 aliphatic carbocycles. The smallest absolute Gasteiger partial charge is 0.146 e. The highest BCUT2D eigenvalue weighted by Gasteiger charge is 2.40. The summed E-state index contributed by atoms with van der Waals surface area (Å²) >= 11 is 0. The van der Waals surface area contributed by atoms with E-state index in [9.17, 15) is 4.79 Å². The van der Waals surface area contributed by atoms with Gasteiger partial charge in [-0.15, -0.1) is 0 Å². The van der Waals surface area contributed by atoms with Crippen LogP contribution in [0.5, 0.6) is 5.75 Å². The van der Waals surface area contributed by atoms with Crippen molar-refractivity contribution in [3.05, 3.63) is 29.8 Å². The summed E-state index contributed by atoms with van der Waals surface area (Å²) in [5.41, 5.74) is 0.999. The third kappa shape index (κ3) is 2.29. The molecule has 0 spiro atoms. The lowest BCUT2D eigenvalue weighted by Crippen LogP contribution is -2.36. The normalized spacial score (nSPS) is 25.2. The third-order valence-corrected chi connectivity index (χ3v) is 4.83. The number of benzene rings is 1. The molecule has 1 atom stereocenters. The molecule has 2 heteroatoms. The van der Waals surface area contributed by atoms with Crippen LogP contribution in [-0.4, -0.2) is 12.4 Å². The Hall–Kier alpha value is -1.31. The molecule has 1 fully saturated rings. The second-order valence-corrected chi connectivity index (χ2v) is 6.21. The molecule has 0 aromatic heterocycles. The van der Waals surface area contributed by atoms with Crippen LogP contribution in [0.25, 0.3) is 0 Å². The minimum Gasteiger partial charge on any atom is -0.493 e. The Morgan fingerprint density at radius 2 is 1.95 bits per heavy atom. The number of carbonyl (C=O) groups is 1. The van der Waals surface area contributed by atoms with Gasteiger partial charge in [-0.3, -0.25) is 4.79 Å². The number of carbonyl (C=O) groups excluding carboxylic acids is 1. The summed E-state index contributed by atoms with van der Waals surface area (Å²) < 4.78 is 5.67. The van der Waals surface area contributed by atoms with E-state index in [4.69, 9.17) is 4.74 Å². The lowest BCUT2D eigenvalue weighted by Gasteiger charge is -2.36. The van der Waals surface area contributed by atoms with Crippen molar-refractivity contribution in [2.45, 2.75) is 51.4 Å². The zero-order valence-electron chi connectivity index (χ0n) is 11.7. The second kappa shape index (κ2) is 4.99. The van der Waals surface area contributed by atoms with Crippen LogP contribution >= 0.6 is 0 Å². The van der Waals surface area contributed by atoms with Crippen LogP contribution in [0.3, 0.4) is 0 Å². The number of rotatable bonds is 2. The Labute approximate surface area is 115 Å². The monoisotopic (exact) mass is 258 g/mol. The van der Waals surface area contributed by atoms with Crippen molar-refractivity contribution in [3.63, 3.8) is 0 Å². The van der Waals surface area contributed by atoms with E-state index >= 15 is 0 Å². The molecule has 0 N–H and O–H groups in total. The van der Waals surface area contributed by atoms with Crippen molar-refractivity contribution in [2.24, 2.45) is 5.41 Å². The Kier molecular flexibility index (Phi) is 3.34. The van der Waals surface area contributed by atoms with E-state index in [1.807, 2.05) is 18.2 Å². The molecule has 2 aliphatic rings. The van der Waals surface area contributed by atoms with Crippen molar-refractivity contribution in [3.8, 4) is 5.75 Å². The number of ketones is 1. The summed E-state index contributed by atoms with van der Waals surface area (Å²) in [5.74, 6) is 1.41. The van der Waals surface area contributed by atoms with E-state index in [-0.39, 0.29) is 11.3 Å². The first kappa shape index (κ1) is 12.7. The molecule has 1 aliphatic heterocycles. The third-order valence-electron chi connectivity index (χ3n) is 4.83. The van der Waals surface area contributed by atoms with Crippen LogP contribution in [0.2, 0.25) is 0 Å². The molecule has 19 heavy (non-hydrogen) atoms. The van der Waals surface area contributed by atoms with E-state index in [0.29, 0.717) is 12.4 Å². The van der Waals surface area contributed by atoms with E-state index < -0.39 is 0 Å². The van der Waals surface area contributed by atoms with Crippen molar-refractivity contribution >= 4 is 5.78 Å². The molecule has 1 unspecified atom stereocenters. The molecule has 1 aromatic carbocycles. The lowest BCUT2D eigenvalue weighted by atomic mass is 9.67. The fraction of sp³-hybridized carbons (Fsp3) is 0.588. The lowest BCUT2D eigenvalue weighted by molar-refractivity contribution is -0.131. The number of Topliss-reactive ketones (excluding diaryl/α,β-unsaturated/α-hetero) is 1. The van der Waals surface area contributed by atoms with E-state index in [2.05, 4.69) is 13.0 Å². The fourth-order valence-corrected chi connectivity index (χ4v) is 3.61. The first-order valence-corrected chi connectivity index (χ1v) is 7.47. The zero-order chi connectivity index (χ0) is 13.3. The number of ether oxygens (including phenoxy) is 1. The highest BCUT2D eigenvalue weighted by molar-refractivity contribution is 5.91. The molecular weight excluding hydrogens is 236 g/mol. The van der Waals surface area contributed by atoms with Gasteiger partial charge in [0.2, 0.25) is 0 Å². The Morgan fingerprint density at radius 1 is 1.21 bits per heavy atom. The SMILES string of the molecule is CC1(C(=O)C2CCOc3ccccc32)CCCCC1. The summed E-state index contributed by atoms with van der Waals surface area (Å²) in [6.07, 6.45) is 6.65. The second-order valence-electron chi connectivity index (χ2n) is 6.21. The molecule has 0 bridgehead atoms. The molecule has 3 rings (SSSR count). The number of hydrogen-bond donors (Lipinski definition) is 0. The fourth-order valence-electron chi connectivity index (χ4n) is 3.61. The van der Waals surface area contributed by atoms with E-state index in [1.165, 1.54) is 19.3 Å². The zero-order valence-corrected chi connectivity index (χ0v) is 11.7. The molecule has 102 valence electrons. The summed E-state index contributed by atoms with van der Waals surface area (Å²) in [6.45, 7) is 2.84. The van der Waals surface area contributed by atoms with Gasteiger partial charge in [-0.05, 0) is 25.3 Å². The van der Waals surface area contributed by atoms with Gasteiger partial charge in [-0.1, -0.05) is 44.4 Å². The molecule has 0 radical (unpaired) electrons. The maximum absolute atomic E-state index is 13.0. The van der Waals surface area contributed by atoms with Crippen molar-refractivity contribution in [2.75, 3.05) is 6.61 Å². The Bertz CT molecular complexity index is 472. The molecule has 1 heterocycles. The quantitative estimate of drug-likeness (QED) is 0.798. The van der Waals surface area contributed by atoms with Gasteiger partial charge < -0.3 is 4.74 Å². The van der Waals surface area contributed by atoms with Gasteiger partial charge >= 0.3 is 0 Å². The topological polar surface area (TPSA) is 26.3 Å². The number of hydrogen-bond acceptors (Lipinski definition) is 2. The predicted molar refractivity (Wildman–Crippen MR) is 75.5 cm³/mol. The van der Waals surface area contributed by atoms with Crippen LogP contribution in [0.1, 0.15) is 56.9 Å². The average molecular weight is 258 g/mol. The van der Waals surface area contributed by atoms with Crippen LogP contribution in [-0.2, 0) is 4.79 Å². The minimum atomic E-state index is -0.104. The minimum absolute atomic E-state index is 0.0491. The molecular formula is C17H22O2. The number of para-hydroxylation sites is 1. The van der Waals surface area contributed by atoms with E-state index in [0.717, 1.165) is 30.6 Å². The standard InChI is InChI=1S/C17H22O2/c1-17(10-5-2-6-11-17)16(18)14-9-12-19-15-8-4-3-7-13(14)15/h3-4,7-8,14H,2,5-6,9-12H2,1H3. The molecule has 2 nitrogen and oxygen atoms in total. The predicted octanol–water partition coefficient (Wildman–Crippen LogP) is 4.09. The summed E-state index contributed by atoms with van der Waals surface area (Å²) in [5, 5.41) is 0. The maximum Gasteiger partial charge on any atom is 0.146 e. The van der Waals surface area contributed by atoms with Gasteiger partial charge in [0.15, 0.2) is 0 Å². The number of fused-ring (bicyclic) bond motifs is 1. The van der Waals surface area contributed by atoms with Gasteiger partial charge in [0.25, 0.3) is 0 Å². The Balaban J connectivity index is 1.88. The van der Waals surface area contributed by atoms with Crippen molar-refractivity contribution < 1.29 is 9.53 Å². The van der Waals surface area contributed by atoms with Gasteiger partial charge in [0.05, 0.1) is 12.5 Å². The van der Waals surface area contributed by atoms with Gasteiger partial charge in [0, 0.05) is 11.0 Å². The van der Waals surface area contributed by atoms with Crippen LogP contribution < -0.4 is 4.74 Å². The van der Waals surface area contributed by atoms with Crippen molar-refractivity contribution in [1.29, 1.82) is 0 Å². The average Bonchev–Trinajstić information content (AvgIpc) is 2.47. The molecule has 1 aromatic rings. The molecule has 1 saturated carbocycles. The first-order valence-electron chi connectivity index (χ1n) is 7.47. The summed E-state index contributed by atoms with van der Waals surface area (Å²) in [6, 6.07) is 8.03. The summed E-state index contributed by atoms with van der Waals surface area (Å²) in [4.78, 5) is 13.0. The highest BCUT2D eigenvalue weighted by Crippen LogP contribution is 2.44. The van der Waals surface area contributed by atoms with Crippen LogP contribution in [0.4, 0.5) is 0 Å². The maximum atomic E-state index is 13.0. The molecule has 0 amide bonds. The highest BCUT2D eigenvalue weighted by atomic mass is 16.5. The Morgan fingerprint density at radius 3 is 2.74 bits per heavy atom. The van der Waals surface area contributed by atoms with Gasteiger partial charge in [-0.25, -0.2) is 0 Å².